The van der Waals surface area contributed by atoms with Gasteiger partial charge in [-0.2, -0.15) is 10.1 Å². The van der Waals surface area contributed by atoms with Crippen molar-refractivity contribution in [3.05, 3.63) is 35.6 Å². The van der Waals surface area contributed by atoms with Gasteiger partial charge in [-0.3, -0.25) is 4.84 Å². The van der Waals surface area contributed by atoms with Crippen molar-refractivity contribution in [3.8, 4) is 0 Å². The van der Waals surface area contributed by atoms with Crippen molar-refractivity contribution < 1.29 is 9.23 Å². The minimum absolute atomic E-state index is 0.101. The molecule has 1 aromatic rings. The minimum atomic E-state index is -0.729. The number of benzene rings is 1. The number of hydrogen-bond donors (Lipinski definition) is 2. The molecule has 1 atom stereocenters. The lowest BCUT2D eigenvalue weighted by Gasteiger charge is -2.37. The van der Waals surface area contributed by atoms with Crippen molar-refractivity contribution in [1.29, 1.82) is 0 Å². The monoisotopic (exact) mass is 307 g/mol. The molecule has 4 N–H and O–H groups in total. The maximum atomic E-state index is 13.7. The molecule has 1 aliphatic rings. The van der Waals surface area contributed by atoms with Gasteiger partial charge in [-0.1, -0.05) is 25.1 Å². The summed E-state index contributed by atoms with van der Waals surface area (Å²) in [6.07, 6.45) is 0.573. The molecule has 1 aromatic carbocycles. The van der Waals surface area contributed by atoms with Crippen molar-refractivity contribution >= 4 is 11.9 Å². The number of nitrogens with zero attached hydrogens (tertiary/aromatic N) is 3. The predicted octanol–water partition coefficient (Wildman–Crippen LogP) is 1.62. The van der Waals surface area contributed by atoms with Crippen LogP contribution in [0.5, 0.6) is 0 Å². The molecule has 0 radical (unpaired) electrons. The van der Waals surface area contributed by atoms with E-state index in [9.17, 15) is 4.39 Å². The normalized spacial score (nSPS) is 18.6. The van der Waals surface area contributed by atoms with Crippen LogP contribution in [0.2, 0.25) is 0 Å². The summed E-state index contributed by atoms with van der Waals surface area (Å²) in [6, 6.07) is 6.73. The second-order valence-corrected chi connectivity index (χ2v) is 5.93. The average molecular weight is 307 g/mol. The number of hydroxylamine groups is 2. The van der Waals surface area contributed by atoms with E-state index in [-0.39, 0.29) is 23.7 Å². The van der Waals surface area contributed by atoms with Crippen LogP contribution < -0.4 is 11.5 Å². The van der Waals surface area contributed by atoms with Gasteiger partial charge in [-0.25, -0.2) is 9.38 Å². The second kappa shape index (κ2) is 6.31. The lowest BCUT2D eigenvalue weighted by molar-refractivity contribution is -0.165. The number of nitrogens with two attached hydrogens (primary N) is 2. The fourth-order valence-electron chi connectivity index (χ4n) is 2.32. The quantitative estimate of drug-likeness (QED) is 0.865. The highest BCUT2D eigenvalue weighted by Gasteiger charge is 2.33. The second-order valence-electron chi connectivity index (χ2n) is 5.93. The van der Waals surface area contributed by atoms with E-state index in [4.69, 9.17) is 16.3 Å². The molecule has 0 saturated heterocycles. The molecule has 1 unspecified atom stereocenters. The standard InChI is InChI=1S/C15H22FN5O/c1-10(8-11-6-4-5-7-12(11)16)9-22-21-14(18)19-13(17)20-15(21,2)3/h4-7,10H,8-9H2,1-3H3,(H4,17,18,19,20). The molecule has 0 saturated carbocycles. The van der Waals surface area contributed by atoms with Gasteiger partial charge in [-0.05, 0) is 37.8 Å². The van der Waals surface area contributed by atoms with Gasteiger partial charge in [0.2, 0.25) is 11.9 Å². The zero-order valence-corrected chi connectivity index (χ0v) is 13.1. The summed E-state index contributed by atoms with van der Waals surface area (Å²) in [6.45, 7) is 5.99. The van der Waals surface area contributed by atoms with Crippen molar-refractivity contribution in [3.63, 3.8) is 0 Å². The maximum absolute atomic E-state index is 13.7. The molecule has 0 spiro atoms. The fourth-order valence-corrected chi connectivity index (χ4v) is 2.32. The Labute approximate surface area is 129 Å². The molecule has 0 aromatic heterocycles. The van der Waals surface area contributed by atoms with Crippen molar-refractivity contribution in [2.24, 2.45) is 27.4 Å². The number of guanidine groups is 2. The van der Waals surface area contributed by atoms with Crippen molar-refractivity contribution in [2.75, 3.05) is 6.61 Å². The van der Waals surface area contributed by atoms with Crippen LogP contribution in [0.1, 0.15) is 26.3 Å². The first kappa shape index (κ1) is 16.2. The molecule has 1 heterocycles. The van der Waals surface area contributed by atoms with Gasteiger partial charge in [0, 0.05) is 0 Å². The first-order valence-electron chi connectivity index (χ1n) is 7.15. The summed E-state index contributed by atoms with van der Waals surface area (Å²) in [5.41, 5.74) is 11.4. The molecule has 22 heavy (non-hydrogen) atoms. The maximum Gasteiger partial charge on any atom is 0.226 e. The van der Waals surface area contributed by atoms with Gasteiger partial charge in [-0.15, -0.1) is 0 Å². The van der Waals surface area contributed by atoms with E-state index >= 15 is 0 Å². The van der Waals surface area contributed by atoms with E-state index in [1.54, 1.807) is 12.1 Å². The Kier molecular flexibility index (Phi) is 4.65. The van der Waals surface area contributed by atoms with Crippen LogP contribution in [0.15, 0.2) is 34.3 Å². The van der Waals surface area contributed by atoms with E-state index in [2.05, 4.69) is 9.98 Å². The van der Waals surface area contributed by atoms with E-state index in [0.717, 1.165) is 0 Å². The number of hydrogen-bond acceptors (Lipinski definition) is 6. The molecule has 1 aliphatic heterocycles. The lowest BCUT2D eigenvalue weighted by Crippen LogP contribution is -2.54. The Hall–Kier alpha value is -2.15. The number of rotatable bonds is 5. The highest BCUT2D eigenvalue weighted by Crippen LogP contribution is 2.21. The Morgan fingerprint density at radius 2 is 2.00 bits per heavy atom. The smallest absolute Gasteiger partial charge is 0.226 e. The first-order valence-corrected chi connectivity index (χ1v) is 7.15. The summed E-state index contributed by atoms with van der Waals surface area (Å²) in [4.78, 5) is 13.8. The van der Waals surface area contributed by atoms with Gasteiger partial charge in [0.1, 0.15) is 5.82 Å². The molecule has 0 fully saturated rings. The van der Waals surface area contributed by atoms with Gasteiger partial charge in [0.25, 0.3) is 0 Å². The van der Waals surface area contributed by atoms with Gasteiger partial charge >= 0.3 is 0 Å². The molecular weight excluding hydrogens is 285 g/mol. The minimum Gasteiger partial charge on any atom is -0.368 e. The summed E-state index contributed by atoms with van der Waals surface area (Å²) in [7, 11) is 0. The SMILES string of the molecule is CC(CON1C(N)=NC(N)=NC1(C)C)Cc1ccccc1F. The molecule has 6 nitrogen and oxygen atoms in total. The average Bonchev–Trinajstić information content (AvgIpc) is 2.39. The first-order chi connectivity index (χ1) is 10.3. The van der Waals surface area contributed by atoms with Gasteiger partial charge < -0.3 is 11.5 Å². The molecule has 2 rings (SSSR count). The summed E-state index contributed by atoms with van der Waals surface area (Å²) >= 11 is 0. The van der Waals surface area contributed by atoms with E-state index in [1.165, 1.54) is 11.1 Å². The van der Waals surface area contributed by atoms with E-state index < -0.39 is 5.66 Å². The molecule has 0 aliphatic carbocycles. The highest BCUT2D eigenvalue weighted by atomic mass is 19.1. The Balaban J connectivity index is 1.95. The third kappa shape index (κ3) is 3.73. The third-order valence-corrected chi connectivity index (χ3v) is 3.34. The zero-order chi connectivity index (χ0) is 16.3. The largest absolute Gasteiger partial charge is 0.368 e. The molecule has 0 bridgehead atoms. The van der Waals surface area contributed by atoms with Crippen LogP contribution in [0.3, 0.4) is 0 Å². The lowest BCUT2D eigenvalue weighted by atomic mass is 10.0. The van der Waals surface area contributed by atoms with Crippen LogP contribution in [0.4, 0.5) is 4.39 Å². The Bertz CT molecular complexity index is 599. The zero-order valence-electron chi connectivity index (χ0n) is 13.1. The van der Waals surface area contributed by atoms with Crippen LogP contribution in [-0.2, 0) is 11.3 Å². The van der Waals surface area contributed by atoms with Crippen molar-refractivity contribution in [1.82, 2.24) is 5.06 Å². The van der Waals surface area contributed by atoms with Crippen LogP contribution in [-0.4, -0.2) is 29.3 Å². The van der Waals surface area contributed by atoms with Gasteiger partial charge in [0.15, 0.2) is 5.66 Å². The summed E-state index contributed by atoms with van der Waals surface area (Å²) in [5, 5.41) is 1.43. The molecule has 7 heteroatoms. The molecule has 0 amide bonds. The highest BCUT2D eigenvalue weighted by molar-refractivity contribution is 5.95. The molecular formula is C15H22FN5O. The van der Waals surface area contributed by atoms with Gasteiger partial charge in [0.05, 0.1) is 6.61 Å². The summed E-state index contributed by atoms with van der Waals surface area (Å²) in [5.74, 6) is 0.187. The molecule has 120 valence electrons. The van der Waals surface area contributed by atoms with Crippen LogP contribution >= 0.6 is 0 Å². The number of aliphatic imine (C=N–C) groups is 2. The van der Waals surface area contributed by atoms with Crippen LogP contribution in [0.25, 0.3) is 0 Å². The van der Waals surface area contributed by atoms with E-state index in [0.29, 0.717) is 18.6 Å². The van der Waals surface area contributed by atoms with Crippen LogP contribution in [0, 0.1) is 11.7 Å². The topological polar surface area (TPSA) is 89.2 Å². The van der Waals surface area contributed by atoms with Crippen molar-refractivity contribution in [2.45, 2.75) is 32.9 Å². The number of halogens is 1. The predicted molar refractivity (Wildman–Crippen MR) is 84.4 cm³/mol. The fraction of sp³-hybridized carbons (Fsp3) is 0.467. The van der Waals surface area contributed by atoms with E-state index in [1.807, 2.05) is 26.8 Å². The third-order valence-electron chi connectivity index (χ3n) is 3.34. The Morgan fingerprint density at radius 3 is 2.64 bits per heavy atom. The Morgan fingerprint density at radius 1 is 1.32 bits per heavy atom. The summed E-state index contributed by atoms with van der Waals surface area (Å²) < 4.78 is 13.7.